The van der Waals surface area contributed by atoms with E-state index in [2.05, 4.69) is 6.58 Å². The number of ether oxygens (including phenoxy) is 6. The summed E-state index contributed by atoms with van der Waals surface area (Å²) in [7, 11) is 1.65. The third-order valence-electron chi connectivity index (χ3n) is 7.19. The van der Waals surface area contributed by atoms with E-state index in [9.17, 15) is 0 Å². The maximum atomic E-state index is 6.64. The average Bonchev–Trinajstić information content (AvgIpc) is 3.06. The smallest absolute Gasteiger partial charge is 0.187 e. The van der Waals surface area contributed by atoms with Gasteiger partial charge in [-0.25, -0.2) is 0 Å². The summed E-state index contributed by atoms with van der Waals surface area (Å²) in [5.41, 5.74) is 4.14. The highest BCUT2D eigenvalue weighted by atomic mass is 16.7. The Morgan fingerprint density at radius 3 is 1.45 bits per heavy atom. The first-order chi connectivity index (χ1) is 20.7. The van der Waals surface area contributed by atoms with Gasteiger partial charge >= 0.3 is 0 Å². The predicted molar refractivity (Wildman–Crippen MR) is 162 cm³/mol. The number of rotatable bonds is 14. The summed E-state index contributed by atoms with van der Waals surface area (Å²) in [5, 5.41) is 0. The van der Waals surface area contributed by atoms with Gasteiger partial charge in [0.25, 0.3) is 0 Å². The first-order valence-electron chi connectivity index (χ1n) is 14.2. The molecule has 0 amide bonds. The molecule has 5 atom stereocenters. The molecule has 1 aliphatic rings. The van der Waals surface area contributed by atoms with Crippen molar-refractivity contribution in [3.63, 3.8) is 0 Å². The molecule has 0 N–H and O–H groups in total. The summed E-state index contributed by atoms with van der Waals surface area (Å²) >= 11 is 0. The fourth-order valence-electron chi connectivity index (χ4n) is 4.92. The van der Waals surface area contributed by atoms with Crippen molar-refractivity contribution in [2.45, 2.75) is 57.1 Å². The number of benzene rings is 4. The van der Waals surface area contributed by atoms with E-state index >= 15 is 0 Å². The lowest BCUT2D eigenvalue weighted by molar-refractivity contribution is -0.317. The molecule has 1 saturated heterocycles. The molecule has 0 aromatic heterocycles. The zero-order valence-electron chi connectivity index (χ0n) is 23.9. The van der Waals surface area contributed by atoms with Gasteiger partial charge in [0, 0.05) is 0 Å². The van der Waals surface area contributed by atoms with E-state index in [1.807, 2.05) is 115 Å². The van der Waals surface area contributed by atoms with Crippen molar-refractivity contribution in [2.75, 3.05) is 7.11 Å². The lowest BCUT2D eigenvalue weighted by Gasteiger charge is -2.45. The van der Waals surface area contributed by atoms with Crippen molar-refractivity contribution < 1.29 is 28.4 Å². The molecule has 4 aromatic carbocycles. The topological polar surface area (TPSA) is 55.4 Å². The molecule has 5 rings (SSSR count). The van der Waals surface area contributed by atoms with Crippen molar-refractivity contribution in [1.82, 2.24) is 0 Å². The zero-order chi connectivity index (χ0) is 29.0. The molecule has 6 heteroatoms. The van der Waals surface area contributed by atoms with Crippen LogP contribution in [0.1, 0.15) is 22.3 Å². The normalized spacial score (nSPS) is 22.0. The fourth-order valence-corrected chi connectivity index (χ4v) is 4.92. The predicted octanol–water partition coefficient (Wildman–Crippen LogP) is 6.88. The van der Waals surface area contributed by atoms with Crippen molar-refractivity contribution in [1.29, 1.82) is 0 Å². The van der Waals surface area contributed by atoms with Gasteiger partial charge in [-0.2, -0.15) is 0 Å². The Labute approximate surface area is 248 Å². The monoisotopic (exact) mass is 566 g/mol. The van der Waals surface area contributed by atoms with Crippen LogP contribution >= 0.6 is 0 Å². The van der Waals surface area contributed by atoms with Crippen LogP contribution in [-0.4, -0.2) is 37.8 Å². The standard InChI is InChI=1S/C36H38O6/c1-3-32-33(38-23-27-13-7-4-8-14-27)34(39-24-28-15-9-5-10-16-28)35(40-25-30-19-21-31(37-2)22-20-30)36(42-32)41-26-29-17-11-6-12-18-29/h3-22,32-36H,1,23-26H2,2H3/t32-,33-,34+,35-,36+/m1/s1. The van der Waals surface area contributed by atoms with Crippen LogP contribution in [0.4, 0.5) is 0 Å². The van der Waals surface area contributed by atoms with Crippen LogP contribution in [0.5, 0.6) is 5.75 Å². The van der Waals surface area contributed by atoms with E-state index in [1.54, 1.807) is 13.2 Å². The second kappa shape index (κ2) is 15.4. The Hall–Kier alpha value is -3.78. The maximum Gasteiger partial charge on any atom is 0.187 e. The van der Waals surface area contributed by atoms with E-state index in [0.29, 0.717) is 26.4 Å². The van der Waals surface area contributed by atoms with Crippen LogP contribution in [0.25, 0.3) is 0 Å². The molecule has 0 radical (unpaired) electrons. The van der Waals surface area contributed by atoms with Crippen LogP contribution in [0.2, 0.25) is 0 Å². The van der Waals surface area contributed by atoms with Crippen LogP contribution in [0, 0.1) is 0 Å². The molecule has 0 spiro atoms. The Bertz CT molecular complexity index is 1330. The van der Waals surface area contributed by atoms with E-state index in [-0.39, 0.29) is 0 Å². The highest BCUT2D eigenvalue weighted by molar-refractivity contribution is 5.26. The van der Waals surface area contributed by atoms with Crippen molar-refractivity contribution in [2.24, 2.45) is 0 Å². The fraction of sp³-hybridized carbons (Fsp3) is 0.278. The maximum absolute atomic E-state index is 6.64. The molecule has 0 saturated carbocycles. The van der Waals surface area contributed by atoms with Gasteiger partial charge in [0.2, 0.25) is 0 Å². The van der Waals surface area contributed by atoms with E-state index in [4.69, 9.17) is 28.4 Å². The second-order valence-electron chi connectivity index (χ2n) is 10.1. The summed E-state index contributed by atoms with van der Waals surface area (Å²) in [4.78, 5) is 0. The highest BCUT2D eigenvalue weighted by Crippen LogP contribution is 2.32. The summed E-state index contributed by atoms with van der Waals surface area (Å²) in [6.45, 7) is 5.53. The van der Waals surface area contributed by atoms with Gasteiger partial charge in [-0.3, -0.25) is 0 Å². The summed E-state index contributed by atoms with van der Waals surface area (Å²) in [6, 6.07) is 38.0. The second-order valence-corrected chi connectivity index (χ2v) is 10.1. The van der Waals surface area contributed by atoms with E-state index in [0.717, 1.165) is 28.0 Å². The van der Waals surface area contributed by atoms with Gasteiger partial charge < -0.3 is 28.4 Å². The van der Waals surface area contributed by atoms with Crippen molar-refractivity contribution in [3.8, 4) is 5.75 Å². The van der Waals surface area contributed by atoms with Crippen LogP contribution < -0.4 is 4.74 Å². The molecular formula is C36H38O6. The number of hydrogen-bond acceptors (Lipinski definition) is 6. The number of hydrogen-bond donors (Lipinski definition) is 0. The number of methoxy groups -OCH3 is 1. The van der Waals surface area contributed by atoms with Crippen LogP contribution in [0.3, 0.4) is 0 Å². The SMILES string of the molecule is C=C[C@H]1O[C@H](OCc2ccccc2)[C@H](OCc2ccc(OC)cc2)[C@@H](OCc2ccccc2)[C@@H]1OCc1ccccc1. The third kappa shape index (κ3) is 8.16. The quantitative estimate of drug-likeness (QED) is 0.155. The van der Waals surface area contributed by atoms with Gasteiger partial charge in [0.15, 0.2) is 6.29 Å². The first kappa shape index (κ1) is 29.7. The molecule has 1 aliphatic heterocycles. The lowest BCUT2D eigenvalue weighted by Crippen LogP contribution is -2.60. The van der Waals surface area contributed by atoms with Crippen LogP contribution in [0.15, 0.2) is 128 Å². The lowest BCUT2D eigenvalue weighted by atomic mass is 9.97. The average molecular weight is 567 g/mol. The molecule has 1 heterocycles. The molecular weight excluding hydrogens is 528 g/mol. The molecule has 1 fully saturated rings. The van der Waals surface area contributed by atoms with E-state index in [1.165, 1.54) is 0 Å². The minimum Gasteiger partial charge on any atom is -0.497 e. The Balaban J connectivity index is 1.42. The minimum atomic E-state index is -0.719. The molecule has 6 nitrogen and oxygen atoms in total. The molecule has 218 valence electrons. The van der Waals surface area contributed by atoms with Gasteiger partial charge in [0.05, 0.1) is 33.5 Å². The third-order valence-corrected chi connectivity index (χ3v) is 7.19. The first-order valence-corrected chi connectivity index (χ1v) is 14.2. The molecule has 0 bridgehead atoms. The van der Waals surface area contributed by atoms with Crippen molar-refractivity contribution >= 4 is 0 Å². The van der Waals surface area contributed by atoms with Gasteiger partial charge in [0.1, 0.15) is 30.2 Å². The molecule has 4 aromatic rings. The summed E-state index contributed by atoms with van der Waals surface area (Å²) in [5.74, 6) is 0.788. The minimum absolute atomic E-state index is 0.332. The van der Waals surface area contributed by atoms with E-state index < -0.39 is 30.7 Å². The Morgan fingerprint density at radius 1 is 0.548 bits per heavy atom. The van der Waals surface area contributed by atoms with Gasteiger partial charge in [-0.15, -0.1) is 6.58 Å². The van der Waals surface area contributed by atoms with Gasteiger partial charge in [-0.1, -0.05) is 109 Å². The molecule has 42 heavy (non-hydrogen) atoms. The highest BCUT2D eigenvalue weighted by Gasteiger charge is 2.48. The summed E-state index contributed by atoms with van der Waals surface area (Å²) < 4.78 is 37.9. The van der Waals surface area contributed by atoms with Gasteiger partial charge in [-0.05, 0) is 34.4 Å². The van der Waals surface area contributed by atoms with Crippen LogP contribution in [-0.2, 0) is 50.1 Å². The van der Waals surface area contributed by atoms with Crippen molar-refractivity contribution in [3.05, 3.63) is 150 Å². The summed E-state index contributed by atoms with van der Waals surface area (Å²) in [6.07, 6.45) is -1.02. The molecule has 0 aliphatic carbocycles. The Morgan fingerprint density at radius 2 is 0.976 bits per heavy atom. The largest absolute Gasteiger partial charge is 0.497 e. The molecule has 0 unspecified atom stereocenters. The zero-order valence-corrected chi connectivity index (χ0v) is 23.9. The Kier molecular flexibility index (Phi) is 10.9.